The first-order chi connectivity index (χ1) is 10.4. The smallest absolute Gasteiger partial charge is 0.0639 e. The van der Waals surface area contributed by atoms with E-state index >= 15 is 0 Å². The molecule has 0 atom stereocenters. The van der Waals surface area contributed by atoms with E-state index in [1.54, 1.807) is 12.4 Å². The van der Waals surface area contributed by atoms with Crippen LogP contribution in [-0.4, -0.2) is 14.5 Å². The van der Waals surface area contributed by atoms with Gasteiger partial charge in [0.05, 0.1) is 17.4 Å². The molecule has 0 aliphatic heterocycles. The summed E-state index contributed by atoms with van der Waals surface area (Å²) in [6.45, 7) is 0. The zero-order valence-corrected chi connectivity index (χ0v) is 11.3. The lowest BCUT2D eigenvalue weighted by Gasteiger charge is -2.06. The van der Waals surface area contributed by atoms with Crippen LogP contribution in [0, 0.1) is 0 Å². The van der Waals surface area contributed by atoms with E-state index in [1.807, 2.05) is 24.5 Å². The van der Waals surface area contributed by atoms with E-state index in [-0.39, 0.29) is 0 Å². The Hall–Kier alpha value is -2.94. The van der Waals surface area contributed by atoms with Gasteiger partial charge in [-0.1, -0.05) is 12.1 Å². The maximum absolute atomic E-state index is 4.18. The molecular weight excluding hydrogens is 258 g/mol. The summed E-state index contributed by atoms with van der Waals surface area (Å²) in [5.74, 6) is 0. The predicted octanol–water partition coefficient (Wildman–Crippen LogP) is 4.09. The molecule has 0 N–H and O–H groups in total. The minimum absolute atomic E-state index is 1.07. The molecule has 0 aliphatic carbocycles. The number of rotatable bonds is 2. The monoisotopic (exact) mass is 271 g/mol. The second-order valence-electron chi connectivity index (χ2n) is 4.91. The third-order valence-electron chi connectivity index (χ3n) is 3.61. The zero-order chi connectivity index (χ0) is 14.1. The van der Waals surface area contributed by atoms with Crippen molar-refractivity contribution >= 4 is 10.9 Å². The summed E-state index contributed by atoms with van der Waals surface area (Å²) in [5, 5.41) is 1.21. The van der Waals surface area contributed by atoms with Crippen molar-refractivity contribution in [3.8, 4) is 16.8 Å². The van der Waals surface area contributed by atoms with Crippen LogP contribution in [0.1, 0.15) is 0 Å². The van der Waals surface area contributed by atoms with Gasteiger partial charge in [0.15, 0.2) is 0 Å². The summed E-state index contributed by atoms with van der Waals surface area (Å²) in [5.41, 5.74) is 4.56. The zero-order valence-electron chi connectivity index (χ0n) is 11.3. The molecule has 3 nitrogen and oxygen atoms in total. The van der Waals surface area contributed by atoms with Crippen LogP contribution in [0.25, 0.3) is 27.7 Å². The molecule has 0 amide bonds. The van der Waals surface area contributed by atoms with Crippen LogP contribution < -0.4 is 0 Å². The highest BCUT2D eigenvalue weighted by atomic mass is 15.0. The molecule has 4 rings (SSSR count). The molecule has 0 fully saturated rings. The van der Waals surface area contributed by atoms with Crippen molar-refractivity contribution in [3.05, 3.63) is 79.5 Å². The van der Waals surface area contributed by atoms with Gasteiger partial charge in [0.1, 0.15) is 0 Å². The van der Waals surface area contributed by atoms with Gasteiger partial charge in [-0.15, -0.1) is 0 Å². The Balaban J connectivity index is 1.85. The van der Waals surface area contributed by atoms with E-state index < -0.39 is 0 Å². The van der Waals surface area contributed by atoms with Gasteiger partial charge in [-0.2, -0.15) is 0 Å². The van der Waals surface area contributed by atoms with Crippen molar-refractivity contribution in [1.82, 2.24) is 14.5 Å². The van der Waals surface area contributed by atoms with Crippen LogP contribution in [0.4, 0.5) is 0 Å². The molecule has 4 aromatic rings. The van der Waals surface area contributed by atoms with E-state index in [1.165, 1.54) is 16.5 Å². The highest BCUT2D eigenvalue weighted by Gasteiger charge is 2.05. The van der Waals surface area contributed by atoms with E-state index in [4.69, 9.17) is 0 Å². The third kappa shape index (κ3) is 2.09. The maximum atomic E-state index is 4.18. The van der Waals surface area contributed by atoms with Gasteiger partial charge in [0.2, 0.25) is 0 Å². The Morgan fingerprint density at radius 2 is 1.62 bits per heavy atom. The molecule has 1 aromatic carbocycles. The van der Waals surface area contributed by atoms with Crippen molar-refractivity contribution < 1.29 is 0 Å². The first-order valence-corrected chi connectivity index (χ1v) is 6.84. The van der Waals surface area contributed by atoms with Gasteiger partial charge < -0.3 is 4.57 Å². The molecule has 3 heteroatoms. The Bertz CT molecular complexity index is 880. The molecule has 0 radical (unpaired) electrons. The molecule has 21 heavy (non-hydrogen) atoms. The summed E-state index contributed by atoms with van der Waals surface area (Å²) in [6, 6.07) is 16.6. The number of fused-ring (bicyclic) bond motifs is 1. The number of aromatic nitrogens is 3. The molecule has 100 valence electrons. The number of hydrogen-bond donors (Lipinski definition) is 0. The summed E-state index contributed by atoms with van der Waals surface area (Å²) < 4.78 is 2.15. The van der Waals surface area contributed by atoms with E-state index in [0.29, 0.717) is 0 Å². The average molecular weight is 271 g/mol. The first kappa shape index (κ1) is 11.9. The fourth-order valence-electron chi connectivity index (χ4n) is 2.58. The molecule has 0 aliphatic rings. The van der Waals surface area contributed by atoms with E-state index in [2.05, 4.69) is 57.1 Å². The summed E-state index contributed by atoms with van der Waals surface area (Å²) in [6.07, 6.45) is 9.42. The molecule has 0 saturated heterocycles. The lowest BCUT2D eigenvalue weighted by molar-refractivity contribution is 1.10. The van der Waals surface area contributed by atoms with Gasteiger partial charge in [-0.05, 0) is 42.0 Å². The van der Waals surface area contributed by atoms with Gasteiger partial charge in [0, 0.05) is 35.7 Å². The fraction of sp³-hybridized carbons (Fsp3) is 0. The van der Waals surface area contributed by atoms with Crippen molar-refractivity contribution in [2.45, 2.75) is 0 Å². The second-order valence-corrected chi connectivity index (χ2v) is 4.91. The Kier molecular flexibility index (Phi) is 2.75. The second kappa shape index (κ2) is 4.87. The summed E-state index contributed by atoms with van der Waals surface area (Å²) in [4.78, 5) is 8.36. The lowest BCUT2D eigenvalue weighted by Crippen LogP contribution is -1.91. The Labute approximate surface area is 122 Å². The molecule has 0 spiro atoms. The number of pyridine rings is 2. The molecular formula is C18H13N3. The lowest BCUT2D eigenvalue weighted by atomic mass is 10.1. The quantitative estimate of drug-likeness (QED) is 0.550. The fourth-order valence-corrected chi connectivity index (χ4v) is 2.58. The normalized spacial score (nSPS) is 10.9. The van der Waals surface area contributed by atoms with Crippen LogP contribution in [0.3, 0.4) is 0 Å². The van der Waals surface area contributed by atoms with Crippen LogP contribution in [0.2, 0.25) is 0 Å². The third-order valence-corrected chi connectivity index (χ3v) is 3.61. The van der Waals surface area contributed by atoms with Crippen LogP contribution in [-0.2, 0) is 0 Å². The molecule has 3 heterocycles. The number of hydrogen-bond acceptors (Lipinski definition) is 2. The largest absolute Gasteiger partial charge is 0.315 e. The van der Waals surface area contributed by atoms with Crippen molar-refractivity contribution in [2.75, 3.05) is 0 Å². The van der Waals surface area contributed by atoms with Crippen molar-refractivity contribution in [2.24, 2.45) is 0 Å². The molecule has 3 aromatic heterocycles. The minimum Gasteiger partial charge on any atom is -0.315 e. The number of nitrogens with zero attached hydrogens (tertiary/aromatic N) is 3. The van der Waals surface area contributed by atoms with E-state index in [0.717, 1.165) is 11.3 Å². The minimum atomic E-state index is 1.07. The van der Waals surface area contributed by atoms with Gasteiger partial charge in [-0.3, -0.25) is 9.97 Å². The molecule has 0 bridgehead atoms. The highest BCUT2D eigenvalue weighted by Crippen LogP contribution is 2.26. The summed E-state index contributed by atoms with van der Waals surface area (Å²) in [7, 11) is 0. The first-order valence-electron chi connectivity index (χ1n) is 6.84. The van der Waals surface area contributed by atoms with Crippen molar-refractivity contribution in [3.63, 3.8) is 0 Å². The highest BCUT2D eigenvalue weighted by molar-refractivity contribution is 5.86. The molecule has 0 unspecified atom stereocenters. The Morgan fingerprint density at radius 3 is 2.38 bits per heavy atom. The standard InChI is InChI=1S/C18H13N3/c1-3-16(12-19-8-1)14-5-6-18-15(11-14)7-10-21(18)17-4-2-9-20-13-17/h1-13H. The van der Waals surface area contributed by atoms with Gasteiger partial charge in [0.25, 0.3) is 0 Å². The maximum Gasteiger partial charge on any atom is 0.0639 e. The predicted molar refractivity (Wildman–Crippen MR) is 84.3 cm³/mol. The van der Waals surface area contributed by atoms with Crippen LogP contribution >= 0.6 is 0 Å². The molecule has 0 saturated carbocycles. The van der Waals surface area contributed by atoms with Crippen LogP contribution in [0.15, 0.2) is 79.5 Å². The summed E-state index contributed by atoms with van der Waals surface area (Å²) >= 11 is 0. The Morgan fingerprint density at radius 1 is 0.762 bits per heavy atom. The topological polar surface area (TPSA) is 30.7 Å². The van der Waals surface area contributed by atoms with Gasteiger partial charge >= 0.3 is 0 Å². The number of benzene rings is 1. The van der Waals surface area contributed by atoms with E-state index in [9.17, 15) is 0 Å². The van der Waals surface area contributed by atoms with Crippen molar-refractivity contribution in [1.29, 1.82) is 0 Å². The van der Waals surface area contributed by atoms with Crippen LogP contribution in [0.5, 0.6) is 0 Å². The SMILES string of the molecule is c1cncc(-c2ccc3c(ccn3-c3cccnc3)c2)c1. The average Bonchev–Trinajstić information content (AvgIpc) is 2.99. The van der Waals surface area contributed by atoms with Gasteiger partial charge in [-0.25, -0.2) is 0 Å².